The molecule has 7 heteroatoms. The van der Waals surface area contributed by atoms with Crippen LogP contribution in [0.5, 0.6) is 0 Å². The number of nitro groups is 1. The molecule has 1 heterocycles. The molecule has 0 saturated heterocycles. The highest BCUT2D eigenvalue weighted by Crippen LogP contribution is 2.31. The highest BCUT2D eigenvalue weighted by atomic mass is 35.5. The quantitative estimate of drug-likeness (QED) is 0.479. The molecule has 0 N–H and O–H groups in total. The molecule has 0 bridgehead atoms. The summed E-state index contributed by atoms with van der Waals surface area (Å²) in [6.07, 6.45) is 1.37. The summed E-state index contributed by atoms with van der Waals surface area (Å²) >= 11 is 11.7. The van der Waals surface area contributed by atoms with E-state index in [1.165, 1.54) is 18.3 Å². The summed E-state index contributed by atoms with van der Waals surface area (Å²) < 4.78 is 0. The average Bonchev–Trinajstić information content (AvgIpc) is 2.33. The number of rotatable bonds is 2. The van der Waals surface area contributed by atoms with Crippen LogP contribution in [0.25, 0.3) is 11.3 Å². The van der Waals surface area contributed by atoms with Crippen molar-refractivity contribution in [2.45, 2.75) is 6.92 Å². The van der Waals surface area contributed by atoms with Crippen LogP contribution in [0.1, 0.15) is 5.56 Å². The molecule has 0 fully saturated rings. The minimum atomic E-state index is -0.473. The Kier molecular flexibility index (Phi) is 3.45. The molecule has 1 aromatic carbocycles. The van der Waals surface area contributed by atoms with Crippen molar-refractivity contribution in [3.8, 4) is 11.3 Å². The van der Waals surface area contributed by atoms with E-state index in [9.17, 15) is 10.1 Å². The van der Waals surface area contributed by atoms with Crippen molar-refractivity contribution in [1.82, 2.24) is 9.97 Å². The number of nitrogens with zero attached hydrogens (tertiary/aromatic N) is 3. The number of hydrogen-bond acceptors (Lipinski definition) is 4. The van der Waals surface area contributed by atoms with Crippen LogP contribution in [0, 0.1) is 17.0 Å². The number of non-ortho nitro benzene ring substituents is 1. The van der Waals surface area contributed by atoms with Crippen LogP contribution in [-0.2, 0) is 0 Å². The van der Waals surface area contributed by atoms with E-state index in [0.29, 0.717) is 16.3 Å². The van der Waals surface area contributed by atoms with Gasteiger partial charge in [-0.15, -0.1) is 0 Å². The van der Waals surface area contributed by atoms with Crippen molar-refractivity contribution >= 4 is 28.9 Å². The van der Waals surface area contributed by atoms with Gasteiger partial charge in [-0.25, -0.2) is 9.97 Å². The Hall–Kier alpha value is -1.72. The molecule has 5 nitrogen and oxygen atoms in total. The van der Waals surface area contributed by atoms with Crippen LogP contribution in [0.2, 0.25) is 10.3 Å². The van der Waals surface area contributed by atoms with Crippen molar-refractivity contribution in [3.05, 3.63) is 50.4 Å². The maximum absolute atomic E-state index is 10.8. The van der Waals surface area contributed by atoms with Crippen LogP contribution in [0.4, 0.5) is 5.69 Å². The molecule has 0 amide bonds. The lowest BCUT2D eigenvalue weighted by Crippen LogP contribution is -1.94. The van der Waals surface area contributed by atoms with Gasteiger partial charge in [0.2, 0.25) is 5.28 Å². The third-order valence-corrected chi connectivity index (χ3v) is 2.86. The number of hydrogen-bond donors (Lipinski definition) is 0. The first-order valence-electron chi connectivity index (χ1n) is 4.92. The molecule has 0 aliphatic carbocycles. The van der Waals surface area contributed by atoms with Crippen LogP contribution in [0.3, 0.4) is 0 Å². The summed E-state index contributed by atoms with van der Waals surface area (Å²) in [5.41, 5.74) is 1.75. The fourth-order valence-corrected chi connectivity index (χ4v) is 1.84. The van der Waals surface area contributed by atoms with Gasteiger partial charge in [-0.3, -0.25) is 10.1 Å². The standard InChI is InChI=1S/C11H7Cl2N3O2/c1-6-2-3-7(16(17)18)4-8(6)10-9(12)5-14-11(13)15-10/h2-5H,1H3. The molecule has 0 radical (unpaired) electrons. The molecule has 0 spiro atoms. The van der Waals surface area contributed by atoms with Gasteiger partial charge in [0.15, 0.2) is 0 Å². The Morgan fingerprint density at radius 1 is 1.33 bits per heavy atom. The lowest BCUT2D eigenvalue weighted by molar-refractivity contribution is -0.384. The van der Waals surface area contributed by atoms with E-state index in [2.05, 4.69) is 9.97 Å². The molecule has 18 heavy (non-hydrogen) atoms. The van der Waals surface area contributed by atoms with Crippen molar-refractivity contribution in [1.29, 1.82) is 0 Å². The largest absolute Gasteiger partial charge is 0.270 e. The fourth-order valence-electron chi connectivity index (χ4n) is 1.51. The molecule has 2 aromatic rings. The van der Waals surface area contributed by atoms with Crippen LogP contribution >= 0.6 is 23.2 Å². The van der Waals surface area contributed by atoms with Gasteiger partial charge in [0, 0.05) is 17.7 Å². The van der Waals surface area contributed by atoms with E-state index >= 15 is 0 Å². The smallest absolute Gasteiger partial charge is 0.258 e. The van der Waals surface area contributed by atoms with Gasteiger partial charge in [-0.05, 0) is 24.1 Å². The molecular weight excluding hydrogens is 277 g/mol. The Morgan fingerprint density at radius 3 is 2.72 bits per heavy atom. The van der Waals surface area contributed by atoms with Crippen LogP contribution in [-0.4, -0.2) is 14.9 Å². The predicted molar refractivity (Wildman–Crippen MR) is 68.9 cm³/mol. The predicted octanol–water partition coefficient (Wildman–Crippen LogP) is 3.67. The van der Waals surface area contributed by atoms with E-state index < -0.39 is 4.92 Å². The Balaban J connectivity index is 2.66. The lowest BCUT2D eigenvalue weighted by atomic mass is 10.0. The molecule has 0 aliphatic heterocycles. The Bertz CT molecular complexity index is 632. The molecule has 92 valence electrons. The number of halogens is 2. The molecule has 0 atom stereocenters. The third kappa shape index (κ3) is 2.42. The molecule has 0 aliphatic rings. The van der Waals surface area contributed by atoms with Gasteiger partial charge in [-0.1, -0.05) is 17.7 Å². The monoisotopic (exact) mass is 283 g/mol. The maximum Gasteiger partial charge on any atom is 0.270 e. The molecule has 2 rings (SSSR count). The normalized spacial score (nSPS) is 10.4. The van der Waals surface area contributed by atoms with E-state index in [4.69, 9.17) is 23.2 Å². The summed E-state index contributed by atoms with van der Waals surface area (Å²) in [7, 11) is 0. The molecule has 1 aromatic heterocycles. The summed E-state index contributed by atoms with van der Waals surface area (Å²) in [4.78, 5) is 18.0. The Morgan fingerprint density at radius 2 is 2.06 bits per heavy atom. The second kappa shape index (κ2) is 4.88. The van der Waals surface area contributed by atoms with Crippen molar-refractivity contribution < 1.29 is 4.92 Å². The summed E-state index contributed by atoms with van der Waals surface area (Å²) in [5, 5.41) is 11.1. The first-order chi connectivity index (χ1) is 8.49. The lowest BCUT2D eigenvalue weighted by Gasteiger charge is -2.06. The minimum Gasteiger partial charge on any atom is -0.258 e. The van der Waals surface area contributed by atoms with Crippen LogP contribution in [0.15, 0.2) is 24.4 Å². The molecular formula is C11H7Cl2N3O2. The fraction of sp³-hybridized carbons (Fsp3) is 0.0909. The highest BCUT2D eigenvalue weighted by Gasteiger charge is 2.14. The van der Waals surface area contributed by atoms with Crippen molar-refractivity contribution in [2.75, 3.05) is 0 Å². The van der Waals surface area contributed by atoms with E-state index in [1.807, 2.05) is 6.92 Å². The first kappa shape index (κ1) is 12.7. The van der Waals surface area contributed by atoms with Gasteiger partial charge in [0.25, 0.3) is 5.69 Å². The summed E-state index contributed by atoms with van der Waals surface area (Å²) in [6, 6.07) is 4.48. The first-order valence-corrected chi connectivity index (χ1v) is 5.68. The Labute approximate surface area is 113 Å². The molecule has 0 saturated carbocycles. The zero-order chi connectivity index (χ0) is 13.3. The van der Waals surface area contributed by atoms with Crippen molar-refractivity contribution in [3.63, 3.8) is 0 Å². The third-order valence-electron chi connectivity index (χ3n) is 2.40. The summed E-state index contributed by atoms with van der Waals surface area (Å²) in [5.74, 6) is 0. The number of benzene rings is 1. The maximum atomic E-state index is 10.8. The second-order valence-electron chi connectivity index (χ2n) is 3.59. The van der Waals surface area contributed by atoms with Gasteiger partial charge >= 0.3 is 0 Å². The SMILES string of the molecule is Cc1ccc([N+](=O)[O-])cc1-c1nc(Cl)ncc1Cl. The zero-order valence-corrected chi connectivity index (χ0v) is 10.7. The van der Waals surface area contributed by atoms with Gasteiger partial charge < -0.3 is 0 Å². The average molecular weight is 284 g/mol. The number of nitro benzene ring substituents is 1. The minimum absolute atomic E-state index is 0.0265. The van der Waals surface area contributed by atoms with Crippen LogP contribution < -0.4 is 0 Å². The molecule has 0 unspecified atom stereocenters. The number of aryl methyl sites for hydroxylation is 1. The summed E-state index contributed by atoms with van der Waals surface area (Å²) in [6.45, 7) is 1.81. The second-order valence-corrected chi connectivity index (χ2v) is 4.34. The van der Waals surface area contributed by atoms with Gasteiger partial charge in [0.05, 0.1) is 21.8 Å². The van der Waals surface area contributed by atoms with E-state index in [0.717, 1.165) is 5.56 Å². The van der Waals surface area contributed by atoms with Gasteiger partial charge in [-0.2, -0.15) is 0 Å². The zero-order valence-electron chi connectivity index (χ0n) is 9.22. The number of aromatic nitrogens is 2. The highest BCUT2D eigenvalue weighted by molar-refractivity contribution is 6.33. The van der Waals surface area contributed by atoms with E-state index in [-0.39, 0.29) is 11.0 Å². The van der Waals surface area contributed by atoms with Crippen molar-refractivity contribution in [2.24, 2.45) is 0 Å². The van der Waals surface area contributed by atoms with E-state index in [1.54, 1.807) is 6.07 Å². The van der Waals surface area contributed by atoms with Gasteiger partial charge in [0.1, 0.15) is 0 Å². The topological polar surface area (TPSA) is 68.9 Å².